The largest absolute Gasteiger partial charge is 0.472 e. The van der Waals surface area contributed by atoms with E-state index in [-0.39, 0.29) is 25.7 Å². The van der Waals surface area contributed by atoms with Crippen LogP contribution in [0.5, 0.6) is 0 Å². The molecule has 0 aromatic heterocycles. The minimum Gasteiger partial charge on any atom is -0.462 e. The lowest BCUT2D eigenvalue weighted by molar-refractivity contribution is -0.161. The number of hydrogen-bond acceptors (Lipinski definition) is 15. The second-order valence-electron chi connectivity index (χ2n) is 26.9. The molecule has 5 atom stereocenters. The number of carbonyl (C=O) groups is 4. The fourth-order valence-corrected chi connectivity index (χ4v) is 12.5. The number of aliphatic hydroxyl groups excluding tert-OH is 1. The van der Waals surface area contributed by atoms with Crippen LogP contribution < -0.4 is 0 Å². The van der Waals surface area contributed by atoms with E-state index in [1.165, 1.54) is 173 Å². The minimum atomic E-state index is -4.95. The lowest BCUT2D eigenvalue weighted by Gasteiger charge is -2.21. The fraction of sp³-hybridized carbons (Fsp3) is 0.944. The third kappa shape index (κ3) is 66.5. The molecule has 0 rings (SSSR count). The number of unbranched alkanes of at least 4 members (excludes halogenated alkanes) is 41. The van der Waals surface area contributed by atoms with E-state index in [1.807, 2.05) is 0 Å². The highest BCUT2D eigenvalue weighted by Gasteiger charge is 2.30. The van der Waals surface area contributed by atoms with E-state index >= 15 is 0 Å². The Morgan fingerprint density at radius 2 is 0.505 bits per heavy atom. The van der Waals surface area contributed by atoms with Crippen molar-refractivity contribution in [3.8, 4) is 0 Å². The molecule has 3 N–H and O–H groups in total. The Balaban J connectivity index is 5.20. The standard InChI is InChI=1S/C72H140O17P2/c1-7-9-11-13-15-16-17-18-19-20-21-22-27-32-38-44-50-56-71(76)89-68(61-83-70(75)55-49-43-37-31-26-24-23-25-29-35-40-46-52-64(3)4)63-87-91(80,81)85-59-66(73)58-84-90(78,79)86-62-67(60-82-69(74)54-48-42-34-14-12-10-8-2)88-72(77)57-51-45-39-33-28-30-36-41-47-53-65(5)6/h64-68,73H,7-63H2,1-6H3,(H,78,79)(H,80,81)/t66-,67+,68+/m0/s1. The third-order valence-electron chi connectivity index (χ3n) is 16.7. The van der Waals surface area contributed by atoms with E-state index in [0.29, 0.717) is 25.7 Å². The number of esters is 4. The summed E-state index contributed by atoms with van der Waals surface area (Å²) in [6.07, 6.45) is 50.1. The maximum absolute atomic E-state index is 13.0. The fourth-order valence-electron chi connectivity index (χ4n) is 10.9. The molecule has 0 bridgehead atoms. The van der Waals surface area contributed by atoms with Crippen LogP contribution in [0.2, 0.25) is 0 Å². The first-order valence-corrected chi connectivity index (χ1v) is 40.5. The number of phosphoric acid groups is 2. The maximum Gasteiger partial charge on any atom is 0.472 e. The second-order valence-corrected chi connectivity index (χ2v) is 29.8. The van der Waals surface area contributed by atoms with Crippen LogP contribution in [0.3, 0.4) is 0 Å². The van der Waals surface area contributed by atoms with Crippen LogP contribution in [0.25, 0.3) is 0 Å². The van der Waals surface area contributed by atoms with Crippen LogP contribution >= 0.6 is 15.6 Å². The number of carbonyl (C=O) groups excluding carboxylic acids is 4. The van der Waals surface area contributed by atoms with Crippen molar-refractivity contribution in [1.29, 1.82) is 0 Å². The van der Waals surface area contributed by atoms with Crippen LogP contribution in [0.15, 0.2) is 0 Å². The van der Waals surface area contributed by atoms with Gasteiger partial charge in [-0.2, -0.15) is 0 Å². The minimum absolute atomic E-state index is 0.105. The van der Waals surface area contributed by atoms with Gasteiger partial charge in [0.25, 0.3) is 0 Å². The van der Waals surface area contributed by atoms with Gasteiger partial charge in [0.1, 0.15) is 19.3 Å². The molecule has 0 aromatic rings. The Hall–Kier alpha value is -1.94. The van der Waals surface area contributed by atoms with Crippen LogP contribution in [0.1, 0.15) is 369 Å². The van der Waals surface area contributed by atoms with Gasteiger partial charge >= 0.3 is 39.5 Å². The summed E-state index contributed by atoms with van der Waals surface area (Å²) in [5, 5.41) is 10.6. The summed E-state index contributed by atoms with van der Waals surface area (Å²) in [5.41, 5.74) is 0. The topological polar surface area (TPSA) is 237 Å². The van der Waals surface area contributed by atoms with Crippen molar-refractivity contribution in [3.63, 3.8) is 0 Å². The van der Waals surface area contributed by atoms with Gasteiger partial charge in [-0.1, -0.05) is 318 Å². The van der Waals surface area contributed by atoms with E-state index < -0.39 is 97.5 Å². The van der Waals surface area contributed by atoms with Gasteiger partial charge in [0.05, 0.1) is 26.4 Å². The molecule has 0 heterocycles. The van der Waals surface area contributed by atoms with Gasteiger partial charge in [0.15, 0.2) is 12.2 Å². The molecule has 91 heavy (non-hydrogen) atoms. The summed E-state index contributed by atoms with van der Waals surface area (Å²) < 4.78 is 68.3. The van der Waals surface area contributed by atoms with Crippen molar-refractivity contribution in [2.24, 2.45) is 11.8 Å². The zero-order chi connectivity index (χ0) is 67.2. The van der Waals surface area contributed by atoms with Gasteiger partial charge in [-0.3, -0.25) is 37.3 Å². The molecule has 540 valence electrons. The molecule has 2 unspecified atom stereocenters. The Morgan fingerprint density at radius 3 is 0.747 bits per heavy atom. The van der Waals surface area contributed by atoms with Crippen molar-refractivity contribution < 1.29 is 80.2 Å². The molecular weight excluding hydrogens is 1200 g/mol. The summed E-state index contributed by atoms with van der Waals surface area (Å²) in [7, 11) is -9.90. The first kappa shape index (κ1) is 89.1. The lowest BCUT2D eigenvalue weighted by Crippen LogP contribution is -2.30. The summed E-state index contributed by atoms with van der Waals surface area (Å²) >= 11 is 0. The van der Waals surface area contributed by atoms with Crippen molar-refractivity contribution in [2.45, 2.75) is 387 Å². The van der Waals surface area contributed by atoms with E-state index in [1.54, 1.807) is 0 Å². The van der Waals surface area contributed by atoms with E-state index in [2.05, 4.69) is 41.5 Å². The molecule has 19 heteroatoms. The molecule has 0 saturated carbocycles. The van der Waals surface area contributed by atoms with Gasteiger partial charge in [-0.05, 0) is 37.5 Å². The molecule has 0 saturated heterocycles. The van der Waals surface area contributed by atoms with E-state index in [0.717, 1.165) is 115 Å². The Bertz CT molecular complexity index is 1770. The lowest BCUT2D eigenvalue weighted by atomic mass is 10.0. The van der Waals surface area contributed by atoms with Crippen LogP contribution in [-0.4, -0.2) is 96.7 Å². The number of rotatable bonds is 71. The zero-order valence-corrected chi connectivity index (χ0v) is 60.9. The molecule has 0 fully saturated rings. The molecule has 0 aliphatic carbocycles. The van der Waals surface area contributed by atoms with Crippen molar-refractivity contribution >= 4 is 39.5 Å². The van der Waals surface area contributed by atoms with Crippen LogP contribution in [-0.2, 0) is 65.4 Å². The molecule has 0 spiro atoms. The quantitative estimate of drug-likeness (QED) is 0.0222. The molecule has 0 amide bonds. The average molecular weight is 1340 g/mol. The summed E-state index contributed by atoms with van der Waals surface area (Å²) in [6, 6.07) is 0. The smallest absolute Gasteiger partial charge is 0.462 e. The second kappa shape index (κ2) is 64.1. The van der Waals surface area contributed by atoms with Crippen LogP contribution in [0, 0.1) is 11.8 Å². The summed E-state index contributed by atoms with van der Waals surface area (Å²) in [4.78, 5) is 72.5. The normalized spacial score (nSPS) is 14.1. The van der Waals surface area contributed by atoms with Gasteiger partial charge in [0.2, 0.25) is 0 Å². The van der Waals surface area contributed by atoms with Crippen molar-refractivity contribution in [3.05, 3.63) is 0 Å². The van der Waals surface area contributed by atoms with Gasteiger partial charge < -0.3 is 33.8 Å². The SMILES string of the molecule is CCCCCCCCCCCCCCCCCCCC(=O)O[C@H](COC(=O)CCCCCCCCCCCCCCC(C)C)COP(=O)(O)OC[C@@H](O)COP(=O)(O)OC[C@@H](COC(=O)CCCCCCCCC)OC(=O)CCCCCCCCCCCC(C)C. The summed E-state index contributed by atoms with van der Waals surface area (Å²) in [5.74, 6) is -0.607. The van der Waals surface area contributed by atoms with Crippen molar-refractivity contribution in [1.82, 2.24) is 0 Å². The molecular formula is C72H140O17P2. The Kier molecular flexibility index (Phi) is 62.7. The predicted molar refractivity (Wildman–Crippen MR) is 368 cm³/mol. The molecule has 0 aliphatic heterocycles. The van der Waals surface area contributed by atoms with Gasteiger partial charge in [-0.15, -0.1) is 0 Å². The average Bonchev–Trinajstić information content (AvgIpc) is 3.32. The maximum atomic E-state index is 13.0. The number of ether oxygens (including phenoxy) is 4. The Morgan fingerprint density at radius 1 is 0.297 bits per heavy atom. The Labute approximate surface area is 556 Å². The van der Waals surface area contributed by atoms with Crippen molar-refractivity contribution in [2.75, 3.05) is 39.6 Å². The highest BCUT2D eigenvalue weighted by molar-refractivity contribution is 7.47. The van der Waals surface area contributed by atoms with E-state index in [4.69, 9.17) is 37.0 Å². The molecule has 0 aromatic carbocycles. The first-order chi connectivity index (χ1) is 43.9. The van der Waals surface area contributed by atoms with Gasteiger partial charge in [-0.25, -0.2) is 9.13 Å². The zero-order valence-electron chi connectivity index (χ0n) is 59.1. The predicted octanol–water partition coefficient (Wildman–Crippen LogP) is 20.8. The highest BCUT2D eigenvalue weighted by Crippen LogP contribution is 2.45. The monoisotopic (exact) mass is 1340 g/mol. The number of hydrogen-bond donors (Lipinski definition) is 3. The molecule has 17 nitrogen and oxygen atoms in total. The number of phosphoric ester groups is 2. The van der Waals surface area contributed by atoms with E-state index in [9.17, 15) is 43.2 Å². The van der Waals surface area contributed by atoms with Gasteiger partial charge in [0, 0.05) is 25.7 Å². The van der Waals surface area contributed by atoms with Crippen LogP contribution in [0.4, 0.5) is 0 Å². The first-order valence-electron chi connectivity index (χ1n) is 37.5. The summed E-state index contributed by atoms with van der Waals surface area (Å²) in [6.45, 7) is 9.51. The molecule has 0 aliphatic rings. The molecule has 0 radical (unpaired) electrons. The highest BCUT2D eigenvalue weighted by atomic mass is 31.2. The number of aliphatic hydroxyl groups is 1. The third-order valence-corrected chi connectivity index (χ3v) is 18.6.